The molecule has 2 aromatic rings. The highest BCUT2D eigenvalue weighted by Crippen LogP contribution is 2.05. The van der Waals surface area contributed by atoms with E-state index in [1.54, 1.807) is 0 Å². The van der Waals surface area contributed by atoms with Gasteiger partial charge in [0.25, 0.3) is 5.89 Å². The minimum Gasteiger partial charge on any atom is -0.331 e. The van der Waals surface area contributed by atoms with E-state index in [2.05, 4.69) is 29.8 Å². The Bertz CT molecular complexity index is 253. The van der Waals surface area contributed by atoms with E-state index in [1.165, 1.54) is 12.7 Å². The van der Waals surface area contributed by atoms with Gasteiger partial charge in [0.15, 0.2) is 6.33 Å². The molecule has 0 aliphatic rings. The van der Waals surface area contributed by atoms with Gasteiger partial charge in [-0.15, -0.1) is 0 Å². The van der Waals surface area contributed by atoms with Crippen LogP contribution < -0.4 is 0 Å². The zero-order valence-electron chi connectivity index (χ0n) is 4.85. The van der Waals surface area contributed by atoms with Crippen molar-refractivity contribution in [3.05, 3.63) is 12.7 Å². The topological polar surface area (TPSA) is 80.5 Å². The number of nitrogens with one attached hydrogen (secondary N) is 1. The van der Waals surface area contributed by atoms with E-state index in [0.717, 1.165) is 0 Å². The molecule has 0 radical (unpaired) electrons. The Morgan fingerprint density at radius 3 is 2.90 bits per heavy atom. The summed E-state index contributed by atoms with van der Waals surface area (Å²) in [7, 11) is 0. The van der Waals surface area contributed by atoms with Gasteiger partial charge in [-0.1, -0.05) is 5.16 Å². The zero-order valence-corrected chi connectivity index (χ0v) is 4.85. The van der Waals surface area contributed by atoms with E-state index >= 15 is 0 Å². The Morgan fingerprint density at radius 2 is 2.30 bits per heavy atom. The fourth-order valence-corrected chi connectivity index (χ4v) is 0.586. The molecule has 0 saturated heterocycles. The van der Waals surface area contributed by atoms with Crippen molar-refractivity contribution in [2.24, 2.45) is 0 Å². The van der Waals surface area contributed by atoms with Gasteiger partial charge in [0.2, 0.25) is 5.82 Å². The molecule has 0 aliphatic heterocycles. The average Bonchev–Trinajstić information content (AvgIpc) is 2.59. The van der Waals surface area contributed by atoms with Gasteiger partial charge in [-0.05, 0) is 0 Å². The number of rotatable bonds is 1. The smallest absolute Gasteiger partial charge is 0.294 e. The Morgan fingerprint density at radius 1 is 1.30 bits per heavy atom. The first-order chi connectivity index (χ1) is 4.97. The second-order valence-corrected chi connectivity index (χ2v) is 1.58. The number of hydrogen-bond donors (Lipinski definition) is 1. The van der Waals surface area contributed by atoms with Crippen molar-refractivity contribution in [3.8, 4) is 11.7 Å². The van der Waals surface area contributed by atoms with Gasteiger partial charge >= 0.3 is 0 Å². The highest BCUT2D eigenvalue weighted by Gasteiger charge is 2.04. The first kappa shape index (κ1) is 5.10. The monoisotopic (exact) mass is 137 g/mol. The lowest BCUT2D eigenvalue weighted by molar-refractivity contribution is 0.427. The lowest BCUT2D eigenvalue weighted by Gasteiger charge is -1.79. The lowest BCUT2D eigenvalue weighted by atomic mass is 10.6. The van der Waals surface area contributed by atoms with Gasteiger partial charge < -0.3 is 4.52 Å². The molecule has 0 aromatic carbocycles. The van der Waals surface area contributed by atoms with Crippen LogP contribution in [0.25, 0.3) is 11.7 Å². The molecule has 2 heterocycles. The normalized spacial score (nSPS) is 10.0. The summed E-state index contributed by atoms with van der Waals surface area (Å²) >= 11 is 0. The van der Waals surface area contributed by atoms with Gasteiger partial charge in [0.1, 0.15) is 6.33 Å². The Kier molecular flexibility index (Phi) is 0.970. The summed E-state index contributed by atoms with van der Waals surface area (Å²) in [5.74, 6) is 0.829. The van der Waals surface area contributed by atoms with Crippen molar-refractivity contribution in [2.45, 2.75) is 0 Å². The summed E-state index contributed by atoms with van der Waals surface area (Å²) in [5.41, 5.74) is 0. The van der Waals surface area contributed by atoms with Crippen LogP contribution in [0.2, 0.25) is 0 Å². The van der Waals surface area contributed by atoms with Gasteiger partial charge in [0.05, 0.1) is 0 Å². The third-order valence-electron chi connectivity index (χ3n) is 0.979. The quantitative estimate of drug-likeness (QED) is 0.591. The largest absolute Gasteiger partial charge is 0.331 e. The van der Waals surface area contributed by atoms with Crippen LogP contribution in [-0.4, -0.2) is 25.3 Å². The van der Waals surface area contributed by atoms with E-state index in [1.807, 2.05) is 0 Å². The summed E-state index contributed by atoms with van der Waals surface area (Å²) < 4.78 is 4.68. The fourth-order valence-electron chi connectivity index (χ4n) is 0.586. The summed E-state index contributed by atoms with van der Waals surface area (Å²) in [4.78, 5) is 7.54. The lowest BCUT2D eigenvalue weighted by Crippen LogP contribution is -1.78. The molecule has 50 valence electrons. The van der Waals surface area contributed by atoms with Crippen LogP contribution in [0, 0.1) is 0 Å². The van der Waals surface area contributed by atoms with Crippen LogP contribution in [-0.2, 0) is 0 Å². The molecular weight excluding hydrogens is 134 g/mol. The molecule has 0 aliphatic carbocycles. The van der Waals surface area contributed by atoms with Gasteiger partial charge in [-0.3, -0.25) is 5.10 Å². The van der Waals surface area contributed by atoms with Crippen molar-refractivity contribution >= 4 is 0 Å². The molecule has 1 N–H and O–H groups in total. The Balaban J connectivity index is 2.48. The van der Waals surface area contributed by atoms with Crippen LogP contribution in [0.5, 0.6) is 0 Å². The van der Waals surface area contributed by atoms with Crippen molar-refractivity contribution in [1.29, 1.82) is 0 Å². The minimum atomic E-state index is 0.345. The molecule has 0 unspecified atom stereocenters. The van der Waals surface area contributed by atoms with Crippen molar-refractivity contribution < 1.29 is 4.52 Å². The maximum atomic E-state index is 4.68. The highest BCUT2D eigenvalue weighted by atomic mass is 16.5. The van der Waals surface area contributed by atoms with E-state index in [9.17, 15) is 0 Å². The maximum absolute atomic E-state index is 4.68. The molecule has 0 amide bonds. The van der Waals surface area contributed by atoms with E-state index < -0.39 is 0 Å². The number of aromatic nitrogens is 5. The molecule has 2 aromatic heterocycles. The van der Waals surface area contributed by atoms with E-state index in [-0.39, 0.29) is 0 Å². The van der Waals surface area contributed by atoms with E-state index in [4.69, 9.17) is 0 Å². The highest BCUT2D eigenvalue weighted by molar-refractivity contribution is 5.36. The fraction of sp³-hybridized carbons (Fsp3) is 0. The molecule has 0 atom stereocenters. The van der Waals surface area contributed by atoms with Crippen LogP contribution in [0.3, 0.4) is 0 Å². The molecule has 0 fully saturated rings. The van der Waals surface area contributed by atoms with Gasteiger partial charge in [0, 0.05) is 0 Å². The molecule has 6 nitrogen and oxygen atoms in total. The molecular formula is C4H3N5O. The van der Waals surface area contributed by atoms with Crippen LogP contribution in [0.15, 0.2) is 17.2 Å². The molecule has 0 bridgehead atoms. The Labute approximate surface area is 55.3 Å². The van der Waals surface area contributed by atoms with Crippen molar-refractivity contribution in [1.82, 2.24) is 25.3 Å². The van der Waals surface area contributed by atoms with Crippen molar-refractivity contribution in [3.63, 3.8) is 0 Å². The SMILES string of the molecule is c1n[nH]c(-c2ncno2)n1. The number of nitrogens with zero attached hydrogens (tertiary/aromatic N) is 4. The predicted octanol–water partition coefficient (Wildman–Crippen LogP) is -0.145. The van der Waals surface area contributed by atoms with Gasteiger partial charge in [-0.25, -0.2) is 4.98 Å². The zero-order chi connectivity index (χ0) is 6.81. The molecule has 10 heavy (non-hydrogen) atoms. The minimum absolute atomic E-state index is 0.345. The predicted molar refractivity (Wildman–Crippen MR) is 29.7 cm³/mol. The standard InChI is InChI=1S/C4H3N5O/c1-5-3(9-7-1)4-6-2-8-10-4/h1-2H,(H,5,7,9). The number of H-pyrrole nitrogens is 1. The molecule has 0 spiro atoms. The molecule has 2 rings (SSSR count). The van der Waals surface area contributed by atoms with Crippen LogP contribution >= 0.6 is 0 Å². The maximum Gasteiger partial charge on any atom is 0.294 e. The Hall–Kier alpha value is -1.72. The molecule has 6 heteroatoms. The summed E-state index contributed by atoms with van der Waals surface area (Å²) in [6.45, 7) is 0. The first-order valence-corrected chi connectivity index (χ1v) is 2.59. The van der Waals surface area contributed by atoms with Crippen molar-refractivity contribution in [2.75, 3.05) is 0 Å². The second kappa shape index (κ2) is 1.90. The average molecular weight is 137 g/mol. The first-order valence-electron chi connectivity index (χ1n) is 2.59. The third kappa shape index (κ3) is 0.661. The van der Waals surface area contributed by atoms with Crippen LogP contribution in [0.4, 0.5) is 0 Å². The summed E-state index contributed by atoms with van der Waals surface area (Å²) in [5, 5.41) is 9.60. The van der Waals surface area contributed by atoms with E-state index in [0.29, 0.717) is 11.7 Å². The summed E-state index contributed by atoms with van der Waals surface area (Å²) in [6.07, 6.45) is 2.68. The van der Waals surface area contributed by atoms with Gasteiger partial charge in [-0.2, -0.15) is 10.1 Å². The number of hydrogen-bond acceptors (Lipinski definition) is 5. The number of aromatic amines is 1. The summed E-state index contributed by atoms with van der Waals surface area (Å²) in [6, 6.07) is 0. The molecule has 0 saturated carbocycles. The third-order valence-corrected chi connectivity index (χ3v) is 0.979. The second-order valence-electron chi connectivity index (χ2n) is 1.58. The van der Waals surface area contributed by atoms with Crippen LogP contribution in [0.1, 0.15) is 0 Å².